The summed E-state index contributed by atoms with van der Waals surface area (Å²) < 4.78 is 6.08. The lowest BCUT2D eigenvalue weighted by Gasteiger charge is -2.36. The van der Waals surface area contributed by atoms with E-state index in [9.17, 15) is 0 Å². The molecule has 0 amide bonds. The Bertz CT molecular complexity index is 185. The predicted octanol–water partition coefficient (Wildman–Crippen LogP) is 3.77. The molecule has 0 aliphatic rings. The standard InChI is InChI=1S/C14H30O2/c1-7-8-12(2)16-14(5,6)11-13(3,4)9-10-15/h12,15H,7-11H2,1-6H3. The van der Waals surface area contributed by atoms with Crippen molar-refractivity contribution in [3.05, 3.63) is 0 Å². The quantitative estimate of drug-likeness (QED) is 0.688. The molecule has 0 fully saturated rings. The number of aliphatic hydroxyl groups excluding tert-OH is 1. The third kappa shape index (κ3) is 7.24. The maximum Gasteiger partial charge on any atom is 0.0635 e. The average Bonchev–Trinajstić information content (AvgIpc) is 1.99. The van der Waals surface area contributed by atoms with Gasteiger partial charge in [-0.05, 0) is 45.4 Å². The van der Waals surface area contributed by atoms with Crippen LogP contribution in [0.15, 0.2) is 0 Å². The highest BCUT2D eigenvalue weighted by atomic mass is 16.5. The fraction of sp³-hybridized carbons (Fsp3) is 1.00. The van der Waals surface area contributed by atoms with E-state index in [0.29, 0.717) is 6.10 Å². The number of hydrogen-bond acceptors (Lipinski definition) is 2. The first-order chi connectivity index (χ1) is 7.22. The highest BCUT2D eigenvalue weighted by Gasteiger charge is 2.30. The highest BCUT2D eigenvalue weighted by molar-refractivity contribution is 4.80. The molecule has 0 aromatic heterocycles. The fourth-order valence-electron chi connectivity index (χ4n) is 2.60. The van der Waals surface area contributed by atoms with E-state index >= 15 is 0 Å². The van der Waals surface area contributed by atoms with Gasteiger partial charge >= 0.3 is 0 Å². The topological polar surface area (TPSA) is 29.5 Å². The summed E-state index contributed by atoms with van der Waals surface area (Å²) in [5, 5.41) is 9.02. The van der Waals surface area contributed by atoms with E-state index in [1.165, 1.54) is 0 Å². The van der Waals surface area contributed by atoms with Crippen LogP contribution in [0.1, 0.15) is 67.2 Å². The molecule has 16 heavy (non-hydrogen) atoms. The van der Waals surface area contributed by atoms with Crippen LogP contribution in [0.25, 0.3) is 0 Å². The number of hydrogen-bond donors (Lipinski definition) is 1. The van der Waals surface area contributed by atoms with E-state index < -0.39 is 0 Å². The van der Waals surface area contributed by atoms with Crippen LogP contribution in [0.4, 0.5) is 0 Å². The zero-order valence-corrected chi connectivity index (χ0v) is 12.0. The fourth-order valence-corrected chi connectivity index (χ4v) is 2.60. The minimum atomic E-state index is -0.104. The van der Waals surface area contributed by atoms with Gasteiger partial charge in [-0.25, -0.2) is 0 Å². The largest absolute Gasteiger partial charge is 0.396 e. The van der Waals surface area contributed by atoms with Crippen LogP contribution in [-0.4, -0.2) is 23.4 Å². The summed E-state index contributed by atoms with van der Waals surface area (Å²) in [6, 6.07) is 0. The van der Waals surface area contributed by atoms with Gasteiger partial charge in [0.25, 0.3) is 0 Å². The molecule has 0 radical (unpaired) electrons. The van der Waals surface area contributed by atoms with Crippen molar-refractivity contribution in [3.8, 4) is 0 Å². The van der Waals surface area contributed by atoms with Crippen LogP contribution in [-0.2, 0) is 4.74 Å². The molecule has 0 saturated heterocycles. The first kappa shape index (κ1) is 15.9. The molecular formula is C14H30O2. The second-order valence-electron chi connectivity index (χ2n) is 6.29. The monoisotopic (exact) mass is 230 g/mol. The lowest BCUT2D eigenvalue weighted by molar-refractivity contribution is -0.0896. The van der Waals surface area contributed by atoms with Crippen molar-refractivity contribution in [1.29, 1.82) is 0 Å². The lowest BCUT2D eigenvalue weighted by Crippen LogP contribution is -2.35. The Morgan fingerprint density at radius 1 is 1.19 bits per heavy atom. The Kier molecular flexibility index (Phi) is 6.57. The van der Waals surface area contributed by atoms with Crippen LogP contribution in [0.2, 0.25) is 0 Å². The van der Waals surface area contributed by atoms with Crippen LogP contribution in [0, 0.1) is 5.41 Å². The van der Waals surface area contributed by atoms with Gasteiger partial charge in [0.2, 0.25) is 0 Å². The van der Waals surface area contributed by atoms with Gasteiger partial charge in [-0.15, -0.1) is 0 Å². The zero-order valence-electron chi connectivity index (χ0n) is 12.0. The smallest absolute Gasteiger partial charge is 0.0635 e. The Labute approximate surface area is 101 Å². The second kappa shape index (κ2) is 6.61. The maximum atomic E-state index is 9.02. The molecule has 1 N–H and O–H groups in total. The predicted molar refractivity (Wildman–Crippen MR) is 69.6 cm³/mol. The first-order valence-corrected chi connectivity index (χ1v) is 6.51. The number of ether oxygens (including phenoxy) is 1. The molecule has 0 aliphatic heterocycles. The summed E-state index contributed by atoms with van der Waals surface area (Å²) in [6.07, 6.45) is 4.42. The SMILES string of the molecule is CCCC(C)OC(C)(C)CC(C)(C)CCO. The van der Waals surface area contributed by atoms with Gasteiger partial charge < -0.3 is 9.84 Å². The lowest BCUT2D eigenvalue weighted by atomic mass is 9.79. The molecule has 0 aromatic rings. The maximum absolute atomic E-state index is 9.02. The molecule has 0 saturated carbocycles. The summed E-state index contributed by atoms with van der Waals surface area (Å²) >= 11 is 0. The van der Waals surface area contributed by atoms with Gasteiger partial charge in [0, 0.05) is 6.61 Å². The van der Waals surface area contributed by atoms with E-state index in [1.807, 2.05) is 0 Å². The van der Waals surface area contributed by atoms with Crippen molar-refractivity contribution < 1.29 is 9.84 Å². The molecule has 0 spiro atoms. The minimum absolute atomic E-state index is 0.104. The van der Waals surface area contributed by atoms with Crippen molar-refractivity contribution >= 4 is 0 Å². The van der Waals surface area contributed by atoms with Gasteiger partial charge in [-0.2, -0.15) is 0 Å². The van der Waals surface area contributed by atoms with Gasteiger partial charge in [0.05, 0.1) is 11.7 Å². The summed E-state index contributed by atoms with van der Waals surface area (Å²) in [6.45, 7) is 13.3. The second-order valence-corrected chi connectivity index (χ2v) is 6.29. The average molecular weight is 230 g/mol. The number of rotatable bonds is 8. The van der Waals surface area contributed by atoms with E-state index in [1.54, 1.807) is 0 Å². The Morgan fingerprint density at radius 3 is 2.19 bits per heavy atom. The summed E-state index contributed by atoms with van der Waals surface area (Å²) in [5.41, 5.74) is 0.0391. The molecule has 0 rings (SSSR count). The van der Waals surface area contributed by atoms with Crippen LogP contribution in [0.3, 0.4) is 0 Å². The first-order valence-electron chi connectivity index (χ1n) is 6.51. The Balaban J connectivity index is 4.21. The molecule has 2 heteroatoms. The molecule has 0 heterocycles. The molecular weight excluding hydrogens is 200 g/mol. The van der Waals surface area contributed by atoms with Crippen molar-refractivity contribution in [1.82, 2.24) is 0 Å². The molecule has 0 aromatic carbocycles. The molecule has 0 bridgehead atoms. The Morgan fingerprint density at radius 2 is 1.75 bits per heavy atom. The molecule has 98 valence electrons. The van der Waals surface area contributed by atoms with Crippen molar-refractivity contribution in [2.45, 2.75) is 78.9 Å². The molecule has 0 aliphatic carbocycles. The number of aliphatic hydroxyl groups is 1. The molecule has 1 atom stereocenters. The van der Waals surface area contributed by atoms with E-state index in [4.69, 9.17) is 9.84 Å². The van der Waals surface area contributed by atoms with Crippen molar-refractivity contribution in [2.75, 3.05) is 6.61 Å². The van der Waals surface area contributed by atoms with Crippen LogP contribution < -0.4 is 0 Å². The minimum Gasteiger partial charge on any atom is -0.396 e. The van der Waals surface area contributed by atoms with Crippen LogP contribution in [0.5, 0.6) is 0 Å². The zero-order chi connectivity index (χ0) is 12.8. The highest BCUT2D eigenvalue weighted by Crippen LogP contribution is 2.33. The molecule has 2 nitrogen and oxygen atoms in total. The third-order valence-electron chi connectivity index (χ3n) is 2.91. The molecule has 1 unspecified atom stereocenters. The third-order valence-corrected chi connectivity index (χ3v) is 2.91. The van der Waals surface area contributed by atoms with E-state index in [0.717, 1.165) is 25.7 Å². The van der Waals surface area contributed by atoms with Gasteiger partial charge in [-0.1, -0.05) is 27.2 Å². The van der Waals surface area contributed by atoms with Crippen LogP contribution >= 0.6 is 0 Å². The van der Waals surface area contributed by atoms with Crippen molar-refractivity contribution in [3.63, 3.8) is 0 Å². The normalized spacial score (nSPS) is 15.2. The van der Waals surface area contributed by atoms with Gasteiger partial charge in [0.1, 0.15) is 0 Å². The van der Waals surface area contributed by atoms with Crippen molar-refractivity contribution in [2.24, 2.45) is 5.41 Å². The summed E-state index contributed by atoms with van der Waals surface area (Å²) in [4.78, 5) is 0. The Hall–Kier alpha value is -0.0800. The van der Waals surface area contributed by atoms with Gasteiger partial charge in [0.15, 0.2) is 0 Å². The summed E-state index contributed by atoms with van der Waals surface area (Å²) in [5.74, 6) is 0. The summed E-state index contributed by atoms with van der Waals surface area (Å²) in [7, 11) is 0. The van der Waals surface area contributed by atoms with Gasteiger partial charge in [-0.3, -0.25) is 0 Å². The van der Waals surface area contributed by atoms with E-state index in [-0.39, 0.29) is 17.6 Å². The van der Waals surface area contributed by atoms with E-state index in [2.05, 4.69) is 41.5 Å².